The second kappa shape index (κ2) is 7.31. The third kappa shape index (κ3) is 3.83. The van der Waals surface area contributed by atoms with E-state index in [4.69, 9.17) is 4.74 Å². The molecule has 8 heteroatoms. The van der Waals surface area contributed by atoms with Crippen molar-refractivity contribution in [1.29, 1.82) is 0 Å². The minimum absolute atomic E-state index is 0.0151. The van der Waals surface area contributed by atoms with Crippen molar-refractivity contribution in [3.8, 4) is 5.75 Å². The second-order valence-corrected chi connectivity index (χ2v) is 6.16. The van der Waals surface area contributed by atoms with Crippen LogP contribution in [-0.4, -0.2) is 36.1 Å². The first-order valence-corrected chi connectivity index (χ1v) is 8.54. The number of benzene rings is 1. The van der Waals surface area contributed by atoms with Crippen LogP contribution < -0.4 is 20.3 Å². The van der Waals surface area contributed by atoms with Gasteiger partial charge in [-0.3, -0.25) is 10.1 Å². The molecule has 1 fully saturated rings. The van der Waals surface area contributed by atoms with Crippen LogP contribution in [0, 0.1) is 0 Å². The van der Waals surface area contributed by atoms with Crippen molar-refractivity contribution in [3.05, 3.63) is 35.8 Å². The number of thiazole rings is 1. The minimum Gasteiger partial charge on any atom is -0.494 e. The molecule has 0 saturated carbocycles. The first kappa shape index (κ1) is 16.3. The number of carbonyl (C=O) groups is 2. The van der Waals surface area contributed by atoms with Gasteiger partial charge >= 0.3 is 6.03 Å². The lowest BCUT2D eigenvalue weighted by atomic mass is 10.2. The number of amides is 3. The van der Waals surface area contributed by atoms with Crippen molar-refractivity contribution in [2.75, 3.05) is 23.4 Å². The van der Waals surface area contributed by atoms with E-state index in [0.29, 0.717) is 18.3 Å². The van der Waals surface area contributed by atoms with E-state index in [1.165, 1.54) is 11.3 Å². The Hall–Kier alpha value is -2.61. The Morgan fingerprint density at radius 2 is 2.21 bits per heavy atom. The average molecular weight is 346 g/mol. The van der Waals surface area contributed by atoms with E-state index in [0.717, 1.165) is 11.4 Å². The molecule has 3 rings (SSSR count). The molecule has 3 amide bonds. The molecular formula is C16H18N4O3S. The Kier molecular flexibility index (Phi) is 4.95. The van der Waals surface area contributed by atoms with Crippen LogP contribution in [0.15, 0.2) is 35.8 Å². The normalized spacial score (nSPS) is 17.0. The molecule has 0 aliphatic carbocycles. The molecule has 0 radical (unpaired) electrons. The van der Waals surface area contributed by atoms with E-state index in [2.05, 4.69) is 15.6 Å². The summed E-state index contributed by atoms with van der Waals surface area (Å²) in [6, 6.07) is 6.78. The Morgan fingerprint density at radius 1 is 1.42 bits per heavy atom. The molecule has 1 aliphatic heterocycles. The van der Waals surface area contributed by atoms with Gasteiger partial charge in [-0.15, -0.1) is 11.3 Å². The van der Waals surface area contributed by atoms with Crippen LogP contribution in [0.3, 0.4) is 0 Å². The molecule has 1 aromatic heterocycles. The molecule has 1 atom stereocenters. The first-order valence-electron chi connectivity index (χ1n) is 7.66. The monoisotopic (exact) mass is 346 g/mol. The lowest BCUT2D eigenvalue weighted by molar-refractivity contribution is -0.117. The van der Waals surface area contributed by atoms with E-state index in [1.54, 1.807) is 16.5 Å². The molecule has 24 heavy (non-hydrogen) atoms. The summed E-state index contributed by atoms with van der Waals surface area (Å²) in [5, 5.41) is 7.77. The molecule has 2 N–H and O–H groups in total. The fraction of sp³-hybridized carbons (Fsp3) is 0.312. The van der Waals surface area contributed by atoms with Crippen LogP contribution in [0.1, 0.15) is 13.3 Å². The SMILES string of the molecule is CCOc1ccc(N2C[C@H](NC(=O)Nc3nccs3)CC2=O)cc1. The molecule has 1 aromatic carbocycles. The zero-order valence-corrected chi connectivity index (χ0v) is 14.0. The van der Waals surface area contributed by atoms with Gasteiger partial charge in [-0.1, -0.05) is 0 Å². The number of nitrogens with zero attached hydrogens (tertiary/aromatic N) is 2. The van der Waals surface area contributed by atoms with Gasteiger partial charge in [0.25, 0.3) is 0 Å². The molecule has 0 bridgehead atoms. The van der Waals surface area contributed by atoms with Crippen molar-refractivity contribution in [1.82, 2.24) is 10.3 Å². The number of carbonyl (C=O) groups excluding carboxylic acids is 2. The Morgan fingerprint density at radius 3 is 2.88 bits per heavy atom. The Bertz CT molecular complexity index is 703. The van der Waals surface area contributed by atoms with Crippen LogP contribution in [0.5, 0.6) is 5.75 Å². The summed E-state index contributed by atoms with van der Waals surface area (Å²) in [5.74, 6) is 0.754. The smallest absolute Gasteiger partial charge is 0.321 e. The van der Waals surface area contributed by atoms with Crippen LogP contribution in [0.4, 0.5) is 15.6 Å². The number of urea groups is 1. The summed E-state index contributed by atoms with van der Waals surface area (Å²) in [7, 11) is 0. The fourth-order valence-electron chi connectivity index (χ4n) is 2.55. The summed E-state index contributed by atoms with van der Waals surface area (Å²) in [6.45, 7) is 2.96. The zero-order chi connectivity index (χ0) is 16.9. The molecule has 0 unspecified atom stereocenters. The lowest BCUT2D eigenvalue weighted by Crippen LogP contribution is -2.39. The third-order valence-electron chi connectivity index (χ3n) is 3.57. The molecule has 0 spiro atoms. The highest BCUT2D eigenvalue weighted by molar-refractivity contribution is 7.13. The highest BCUT2D eigenvalue weighted by atomic mass is 32.1. The number of rotatable bonds is 5. The lowest BCUT2D eigenvalue weighted by Gasteiger charge is -2.17. The molecule has 1 saturated heterocycles. The second-order valence-electron chi connectivity index (χ2n) is 5.27. The average Bonchev–Trinajstić information content (AvgIpc) is 3.18. The summed E-state index contributed by atoms with van der Waals surface area (Å²) >= 11 is 1.34. The standard InChI is InChI=1S/C16H18N4O3S/c1-2-23-13-5-3-12(4-6-13)20-10-11(9-14(20)21)18-15(22)19-16-17-7-8-24-16/h3-8,11H,2,9-10H2,1H3,(H2,17,18,19,22)/t11-/m1/s1. The van der Waals surface area contributed by atoms with Gasteiger partial charge in [-0.2, -0.15) is 0 Å². The number of ether oxygens (including phenoxy) is 1. The predicted octanol–water partition coefficient (Wildman–Crippen LogP) is 2.47. The maximum absolute atomic E-state index is 12.2. The number of hydrogen-bond acceptors (Lipinski definition) is 5. The van der Waals surface area contributed by atoms with Gasteiger partial charge in [0.2, 0.25) is 5.91 Å². The zero-order valence-electron chi connectivity index (χ0n) is 13.2. The minimum atomic E-state index is -0.351. The van der Waals surface area contributed by atoms with Gasteiger partial charge in [0.15, 0.2) is 5.13 Å². The van der Waals surface area contributed by atoms with Gasteiger partial charge in [0, 0.05) is 30.2 Å². The number of anilines is 2. The molecule has 126 valence electrons. The maximum atomic E-state index is 12.2. The van der Waals surface area contributed by atoms with E-state index in [9.17, 15) is 9.59 Å². The summed E-state index contributed by atoms with van der Waals surface area (Å²) in [5.41, 5.74) is 0.799. The molecule has 7 nitrogen and oxygen atoms in total. The van der Waals surface area contributed by atoms with Crippen LogP contribution in [-0.2, 0) is 4.79 Å². The number of hydrogen-bond donors (Lipinski definition) is 2. The summed E-state index contributed by atoms with van der Waals surface area (Å²) in [4.78, 5) is 29.8. The van der Waals surface area contributed by atoms with Crippen molar-refractivity contribution >= 4 is 34.1 Å². The summed E-state index contributed by atoms with van der Waals surface area (Å²) < 4.78 is 5.40. The van der Waals surface area contributed by atoms with Crippen LogP contribution in [0.2, 0.25) is 0 Å². The molecule has 2 aromatic rings. The van der Waals surface area contributed by atoms with Gasteiger partial charge < -0.3 is 15.0 Å². The van der Waals surface area contributed by atoms with E-state index < -0.39 is 0 Å². The highest BCUT2D eigenvalue weighted by Gasteiger charge is 2.31. The highest BCUT2D eigenvalue weighted by Crippen LogP contribution is 2.24. The van der Waals surface area contributed by atoms with Gasteiger partial charge in [-0.25, -0.2) is 9.78 Å². The maximum Gasteiger partial charge on any atom is 0.321 e. The van der Waals surface area contributed by atoms with E-state index in [1.807, 2.05) is 31.2 Å². The van der Waals surface area contributed by atoms with Gasteiger partial charge in [-0.05, 0) is 31.2 Å². The Balaban J connectivity index is 1.57. The summed E-state index contributed by atoms with van der Waals surface area (Å²) in [6.07, 6.45) is 1.89. The fourth-order valence-corrected chi connectivity index (χ4v) is 3.07. The van der Waals surface area contributed by atoms with Crippen LogP contribution >= 0.6 is 11.3 Å². The van der Waals surface area contributed by atoms with Gasteiger partial charge in [0.1, 0.15) is 5.75 Å². The quantitative estimate of drug-likeness (QED) is 0.871. The molecule has 1 aliphatic rings. The predicted molar refractivity (Wildman–Crippen MR) is 92.6 cm³/mol. The largest absolute Gasteiger partial charge is 0.494 e. The molecule has 2 heterocycles. The first-order chi connectivity index (χ1) is 11.7. The van der Waals surface area contributed by atoms with E-state index in [-0.39, 0.29) is 24.4 Å². The van der Waals surface area contributed by atoms with Crippen LogP contribution in [0.25, 0.3) is 0 Å². The van der Waals surface area contributed by atoms with Crippen molar-refractivity contribution in [2.45, 2.75) is 19.4 Å². The third-order valence-corrected chi connectivity index (χ3v) is 4.26. The van der Waals surface area contributed by atoms with E-state index >= 15 is 0 Å². The number of aromatic nitrogens is 1. The number of nitrogens with one attached hydrogen (secondary N) is 2. The topological polar surface area (TPSA) is 83.6 Å². The van der Waals surface area contributed by atoms with Crippen molar-refractivity contribution in [3.63, 3.8) is 0 Å². The van der Waals surface area contributed by atoms with Gasteiger partial charge in [0.05, 0.1) is 12.6 Å². The Labute approximate surface area is 143 Å². The molecular weight excluding hydrogens is 328 g/mol. The van der Waals surface area contributed by atoms with Crippen molar-refractivity contribution in [2.24, 2.45) is 0 Å². The van der Waals surface area contributed by atoms with Crippen molar-refractivity contribution < 1.29 is 14.3 Å².